The lowest BCUT2D eigenvalue weighted by Gasteiger charge is -1.95. The van der Waals surface area contributed by atoms with Crippen LogP contribution in [0.5, 0.6) is 0 Å². The third-order valence-corrected chi connectivity index (χ3v) is 1.51. The molecule has 5 N–H and O–H groups in total. The van der Waals surface area contributed by atoms with Gasteiger partial charge in [-0.2, -0.15) is 13.5 Å². The van der Waals surface area contributed by atoms with Crippen molar-refractivity contribution in [1.82, 2.24) is 0 Å². The van der Waals surface area contributed by atoms with Gasteiger partial charge in [0.05, 0.1) is 0 Å². The first kappa shape index (κ1) is 20.1. The largest absolute Gasteiger partial charge is 0.396 e. The fourth-order valence-corrected chi connectivity index (χ4v) is 0.892. The Morgan fingerprint density at radius 2 is 1.36 bits per heavy atom. The minimum atomic E-state index is -2.12. The van der Waals surface area contributed by atoms with Gasteiger partial charge in [0, 0.05) is 6.61 Å². The highest BCUT2D eigenvalue weighted by atomic mass is 32.1. The zero-order valence-corrected chi connectivity index (χ0v) is 10.7. The van der Waals surface area contributed by atoms with Crippen molar-refractivity contribution in [1.29, 1.82) is 0 Å². The van der Waals surface area contributed by atoms with E-state index in [0.717, 1.165) is 6.42 Å². The van der Waals surface area contributed by atoms with Crippen LogP contribution in [0.3, 0.4) is 0 Å². The SMILES string of the molecule is CCCCCCCCO.NP(O)O.S. The first-order valence-corrected chi connectivity index (χ1v) is 6.00. The first-order chi connectivity index (χ1) is 6.15. The molecular formula is C8H24NO3PS. The number of hydrogen-bond acceptors (Lipinski definition) is 4. The standard InChI is InChI=1S/C8H18O.H4NO2P.H2S/c1-2-3-4-5-6-7-8-9;1-4(2)3;/h9H,2-8H2,1H3;2-3H,1H2;1H2. The van der Waals surface area contributed by atoms with Gasteiger partial charge < -0.3 is 14.9 Å². The maximum atomic E-state index is 8.42. The fourth-order valence-electron chi connectivity index (χ4n) is 0.892. The Morgan fingerprint density at radius 1 is 1.00 bits per heavy atom. The van der Waals surface area contributed by atoms with E-state index in [1.807, 2.05) is 0 Å². The van der Waals surface area contributed by atoms with E-state index in [4.69, 9.17) is 14.9 Å². The van der Waals surface area contributed by atoms with Crippen molar-refractivity contribution in [2.45, 2.75) is 45.4 Å². The molecule has 0 spiro atoms. The van der Waals surface area contributed by atoms with Crippen molar-refractivity contribution < 1.29 is 14.9 Å². The Morgan fingerprint density at radius 3 is 1.71 bits per heavy atom. The minimum Gasteiger partial charge on any atom is -0.396 e. The van der Waals surface area contributed by atoms with E-state index in [9.17, 15) is 0 Å². The molecule has 90 valence electrons. The zero-order chi connectivity index (χ0) is 10.5. The quantitative estimate of drug-likeness (QED) is 0.423. The molecule has 0 aromatic rings. The number of rotatable bonds is 6. The third kappa shape index (κ3) is 38.9. The molecule has 0 saturated heterocycles. The van der Waals surface area contributed by atoms with Gasteiger partial charge in [-0.15, -0.1) is 0 Å². The van der Waals surface area contributed by atoms with Crippen molar-refractivity contribution in [3.63, 3.8) is 0 Å². The van der Waals surface area contributed by atoms with Gasteiger partial charge in [-0.25, -0.2) is 0 Å². The molecule has 0 fully saturated rings. The van der Waals surface area contributed by atoms with Gasteiger partial charge in [0.2, 0.25) is 8.53 Å². The number of nitrogens with two attached hydrogens (primary N) is 1. The summed E-state index contributed by atoms with van der Waals surface area (Å²) in [6.07, 6.45) is 7.50. The molecule has 6 heteroatoms. The van der Waals surface area contributed by atoms with Gasteiger partial charge in [0.1, 0.15) is 0 Å². The monoisotopic (exact) mass is 245 g/mol. The topological polar surface area (TPSA) is 86.7 Å². The highest BCUT2D eigenvalue weighted by Gasteiger charge is 1.86. The lowest BCUT2D eigenvalue weighted by Crippen LogP contribution is -1.82. The molecule has 0 aromatic carbocycles. The first-order valence-electron chi connectivity index (χ1n) is 4.68. The van der Waals surface area contributed by atoms with Crippen molar-refractivity contribution in [3.8, 4) is 0 Å². The fraction of sp³-hybridized carbons (Fsp3) is 1.00. The van der Waals surface area contributed by atoms with Crippen LogP contribution in [0.1, 0.15) is 45.4 Å². The Bertz CT molecular complexity index is 80.2. The second-order valence-electron chi connectivity index (χ2n) is 2.81. The van der Waals surface area contributed by atoms with Crippen LogP contribution in [0.2, 0.25) is 0 Å². The van der Waals surface area contributed by atoms with Crippen LogP contribution in [0.4, 0.5) is 0 Å². The molecule has 0 aromatic heterocycles. The third-order valence-electron chi connectivity index (χ3n) is 1.51. The molecule has 0 amide bonds. The smallest absolute Gasteiger partial charge is 0.247 e. The summed E-state index contributed by atoms with van der Waals surface area (Å²) in [6.45, 7) is 2.58. The van der Waals surface area contributed by atoms with E-state index in [0.29, 0.717) is 6.61 Å². The summed E-state index contributed by atoms with van der Waals surface area (Å²) in [5.74, 6) is 0. The minimum absolute atomic E-state index is 0. The van der Waals surface area contributed by atoms with Crippen molar-refractivity contribution in [2.24, 2.45) is 5.50 Å². The Hall–Kier alpha value is 0.620. The second kappa shape index (κ2) is 19.2. The van der Waals surface area contributed by atoms with E-state index >= 15 is 0 Å². The van der Waals surface area contributed by atoms with Crippen molar-refractivity contribution >= 4 is 22.0 Å². The van der Waals surface area contributed by atoms with E-state index in [-0.39, 0.29) is 13.5 Å². The highest BCUT2D eigenvalue weighted by Crippen LogP contribution is 2.05. The summed E-state index contributed by atoms with van der Waals surface area (Å²) in [4.78, 5) is 14.9. The van der Waals surface area contributed by atoms with E-state index in [1.165, 1.54) is 32.1 Å². The Balaban J connectivity index is -0.000000209. The number of aliphatic hydroxyl groups excluding tert-OH is 1. The van der Waals surface area contributed by atoms with E-state index in [1.54, 1.807) is 0 Å². The van der Waals surface area contributed by atoms with Gasteiger partial charge in [0.25, 0.3) is 0 Å². The summed E-state index contributed by atoms with van der Waals surface area (Å²) in [5, 5.41) is 8.42. The second-order valence-corrected chi connectivity index (χ2v) is 3.45. The van der Waals surface area contributed by atoms with Crippen LogP contribution in [-0.4, -0.2) is 21.5 Å². The number of aliphatic hydroxyl groups is 1. The summed E-state index contributed by atoms with van der Waals surface area (Å²) in [6, 6.07) is 0. The predicted molar refractivity (Wildman–Crippen MR) is 66.4 cm³/mol. The molecule has 0 saturated carbocycles. The molecule has 0 heterocycles. The van der Waals surface area contributed by atoms with Crippen LogP contribution in [0.25, 0.3) is 0 Å². The van der Waals surface area contributed by atoms with Crippen molar-refractivity contribution in [3.05, 3.63) is 0 Å². The molecule has 0 rings (SSSR count). The maximum absolute atomic E-state index is 8.42. The van der Waals surface area contributed by atoms with Gasteiger partial charge in [-0.05, 0) is 6.42 Å². The van der Waals surface area contributed by atoms with Crippen LogP contribution in [0.15, 0.2) is 0 Å². The Kier molecular flexibility index (Phi) is 27.6. The van der Waals surface area contributed by atoms with Crippen LogP contribution >= 0.6 is 22.0 Å². The summed E-state index contributed by atoms with van der Waals surface area (Å²) >= 11 is 0. The van der Waals surface area contributed by atoms with Crippen LogP contribution < -0.4 is 5.50 Å². The molecule has 0 aliphatic carbocycles. The van der Waals surface area contributed by atoms with Gasteiger partial charge >= 0.3 is 0 Å². The molecule has 0 bridgehead atoms. The maximum Gasteiger partial charge on any atom is 0.247 e. The average Bonchev–Trinajstić information content (AvgIpc) is 2.03. The predicted octanol–water partition coefficient (Wildman–Crippen LogP) is 1.61. The molecule has 0 aliphatic rings. The molecule has 0 atom stereocenters. The summed E-state index contributed by atoms with van der Waals surface area (Å²) in [7, 11) is -2.12. The molecule has 0 aliphatic heterocycles. The lowest BCUT2D eigenvalue weighted by atomic mass is 10.1. The number of unbranched alkanes of at least 4 members (excludes halogenated alkanes) is 5. The van der Waals surface area contributed by atoms with E-state index in [2.05, 4.69) is 12.4 Å². The van der Waals surface area contributed by atoms with Crippen LogP contribution in [0, 0.1) is 0 Å². The summed E-state index contributed by atoms with van der Waals surface area (Å²) in [5.41, 5.74) is 4.29. The molecule has 0 unspecified atom stereocenters. The van der Waals surface area contributed by atoms with Gasteiger partial charge in [-0.3, -0.25) is 5.50 Å². The van der Waals surface area contributed by atoms with Gasteiger partial charge in [-0.1, -0.05) is 39.0 Å². The molecule has 14 heavy (non-hydrogen) atoms. The van der Waals surface area contributed by atoms with Crippen LogP contribution in [-0.2, 0) is 0 Å². The molecule has 4 nitrogen and oxygen atoms in total. The lowest BCUT2D eigenvalue weighted by molar-refractivity contribution is 0.282. The van der Waals surface area contributed by atoms with E-state index < -0.39 is 8.53 Å². The van der Waals surface area contributed by atoms with Crippen molar-refractivity contribution in [2.75, 3.05) is 6.61 Å². The normalized spacial score (nSPS) is 9.00. The Labute approximate surface area is 94.9 Å². The van der Waals surface area contributed by atoms with Gasteiger partial charge in [0.15, 0.2) is 0 Å². The number of hydrogen-bond donors (Lipinski definition) is 4. The average molecular weight is 245 g/mol. The summed E-state index contributed by atoms with van der Waals surface area (Å²) < 4.78 is 0. The highest BCUT2D eigenvalue weighted by molar-refractivity contribution is 7.59. The molecule has 0 radical (unpaired) electrons. The zero-order valence-electron chi connectivity index (χ0n) is 8.82. The molecular weight excluding hydrogens is 221 g/mol.